The zero-order valence-corrected chi connectivity index (χ0v) is 11.0. The van der Waals surface area contributed by atoms with E-state index >= 15 is 0 Å². The summed E-state index contributed by atoms with van der Waals surface area (Å²) in [7, 11) is 2.00. The van der Waals surface area contributed by atoms with Crippen molar-refractivity contribution in [2.45, 2.75) is 20.3 Å². The van der Waals surface area contributed by atoms with Gasteiger partial charge >= 0.3 is 0 Å². The molecule has 2 aromatic rings. The summed E-state index contributed by atoms with van der Waals surface area (Å²) >= 11 is 5.88. The molecule has 1 N–H and O–H groups in total. The Morgan fingerprint density at radius 1 is 1.41 bits per heavy atom. The Labute approximate surface area is 105 Å². The molecule has 0 spiro atoms. The summed E-state index contributed by atoms with van der Waals surface area (Å²) in [6, 6.07) is 0. The van der Waals surface area contributed by atoms with Crippen LogP contribution in [-0.2, 0) is 0 Å². The van der Waals surface area contributed by atoms with E-state index < -0.39 is 0 Å². The zero-order chi connectivity index (χ0) is 12.4. The average Bonchev–Trinajstić information content (AvgIpc) is 2.72. The normalized spacial score (nSPS) is 11.4. The number of hydrogen-bond acceptors (Lipinski definition) is 4. The third-order valence-electron chi connectivity index (χ3n) is 2.64. The molecule has 2 heterocycles. The Morgan fingerprint density at radius 3 is 2.88 bits per heavy atom. The fraction of sp³-hybridized carbons (Fsp3) is 0.545. The molecule has 5 nitrogen and oxygen atoms in total. The van der Waals surface area contributed by atoms with Gasteiger partial charge in [0.05, 0.1) is 6.33 Å². The van der Waals surface area contributed by atoms with E-state index in [-0.39, 0.29) is 5.28 Å². The maximum Gasteiger partial charge on any atom is 0.226 e. The van der Waals surface area contributed by atoms with Crippen LogP contribution in [0.3, 0.4) is 0 Å². The van der Waals surface area contributed by atoms with Crippen molar-refractivity contribution in [1.82, 2.24) is 19.9 Å². The van der Waals surface area contributed by atoms with E-state index in [9.17, 15) is 0 Å². The Balaban J connectivity index is 2.30. The third kappa shape index (κ3) is 2.66. The molecule has 0 aliphatic rings. The first kappa shape index (κ1) is 12.1. The molecule has 0 radical (unpaired) electrons. The van der Waals surface area contributed by atoms with Gasteiger partial charge in [-0.25, -0.2) is 4.98 Å². The molecular formula is C11H16ClN5. The summed E-state index contributed by atoms with van der Waals surface area (Å²) in [6.45, 7) is 5.33. The molecule has 0 fully saturated rings. The molecule has 0 saturated heterocycles. The van der Waals surface area contributed by atoms with Crippen molar-refractivity contribution in [2.24, 2.45) is 5.92 Å². The highest BCUT2D eigenvalue weighted by Gasteiger charge is 2.12. The number of aromatic nitrogens is 4. The fourth-order valence-corrected chi connectivity index (χ4v) is 1.79. The average molecular weight is 254 g/mol. The number of H-pyrrole nitrogens is 1. The number of nitrogens with one attached hydrogen (secondary N) is 1. The van der Waals surface area contributed by atoms with Gasteiger partial charge < -0.3 is 9.88 Å². The standard InChI is InChI=1S/C11H16ClN5/c1-7(2)4-5-17(3)10-8-9(14-6-13-8)15-11(12)16-10/h6-7H,4-5H2,1-3H3,(H,13,14,15,16). The van der Waals surface area contributed by atoms with Crippen molar-refractivity contribution >= 4 is 28.6 Å². The van der Waals surface area contributed by atoms with Gasteiger partial charge in [0.15, 0.2) is 11.5 Å². The number of anilines is 1. The molecule has 92 valence electrons. The molecular weight excluding hydrogens is 238 g/mol. The second-order valence-electron chi connectivity index (χ2n) is 4.52. The van der Waals surface area contributed by atoms with Crippen LogP contribution >= 0.6 is 11.6 Å². The van der Waals surface area contributed by atoms with Crippen LogP contribution in [0.4, 0.5) is 5.82 Å². The summed E-state index contributed by atoms with van der Waals surface area (Å²) in [4.78, 5) is 17.5. The first-order chi connectivity index (χ1) is 8.08. The summed E-state index contributed by atoms with van der Waals surface area (Å²) in [5.74, 6) is 1.46. The summed E-state index contributed by atoms with van der Waals surface area (Å²) in [5, 5.41) is 0.232. The van der Waals surface area contributed by atoms with Gasteiger partial charge in [0.25, 0.3) is 0 Å². The molecule has 0 aliphatic heterocycles. The van der Waals surface area contributed by atoms with Crippen molar-refractivity contribution in [3.8, 4) is 0 Å². The lowest BCUT2D eigenvalue weighted by atomic mass is 10.1. The van der Waals surface area contributed by atoms with Crippen LogP contribution in [0.25, 0.3) is 11.2 Å². The van der Waals surface area contributed by atoms with Crippen LogP contribution in [0.1, 0.15) is 20.3 Å². The molecule has 0 amide bonds. The number of nitrogens with zero attached hydrogens (tertiary/aromatic N) is 4. The molecule has 6 heteroatoms. The molecule has 2 rings (SSSR count). The Hall–Kier alpha value is -1.36. The quantitative estimate of drug-likeness (QED) is 0.851. The number of rotatable bonds is 4. The Bertz CT molecular complexity index is 508. The number of fused-ring (bicyclic) bond motifs is 1. The molecule has 0 atom stereocenters. The SMILES string of the molecule is CC(C)CCN(C)c1nc(Cl)nc2nc[nH]c12. The van der Waals surface area contributed by atoms with Gasteiger partial charge in [-0.1, -0.05) is 13.8 Å². The first-order valence-corrected chi connectivity index (χ1v) is 6.03. The molecule has 0 bridgehead atoms. The van der Waals surface area contributed by atoms with Crippen molar-refractivity contribution in [1.29, 1.82) is 0 Å². The first-order valence-electron chi connectivity index (χ1n) is 5.65. The van der Waals surface area contributed by atoms with E-state index in [1.165, 1.54) is 0 Å². The molecule has 0 unspecified atom stereocenters. The van der Waals surface area contributed by atoms with E-state index in [4.69, 9.17) is 11.6 Å². The lowest BCUT2D eigenvalue weighted by Gasteiger charge is -2.19. The fourth-order valence-electron chi connectivity index (χ4n) is 1.63. The third-order valence-corrected chi connectivity index (χ3v) is 2.81. The van der Waals surface area contributed by atoms with Crippen LogP contribution in [0.5, 0.6) is 0 Å². The topological polar surface area (TPSA) is 57.7 Å². The lowest BCUT2D eigenvalue weighted by molar-refractivity contribution is 0.584. The van der Waals surface area contributed by atoms with E-state index in [0.29, 0.717) is 11.6 Å². The second kappa shape index (κ2) is 4.87. The highest BCUT2D eigenvalue weighted by Crippen LogP contribution is 2.22. The summed E-state index contributed by atoms with van der Waals surface area (Å²) in [5.41, 5.74) is 1.44. The number of hydrogen-bond donors (Lipinski definition) is 1. The largest absolute Gasteiger partial charge is 0.358 e. The predicted octanol–water partition coefficient (Wildman–Crippen LogP) is 2.49. The number of halogens is 1. The van der Waals surface area contributed by atoms with E-state index in [1.54, 1.807) is 6.33 Å². The molecule has 0 saturated carbocycles. The monoisotopic (exact) mass is 253 g/mol. The van der Waals surface area contributed by atoms with Crippen LogP contribution in [-0.4, -0.2) is 33.5 Å². The van der Waals surface area contributed by atoms with Gasteiger partial charge in [-0.05, 0) is 23.9 Å². The zero-order valence-electron chi connectivity index (χ0n) is 10.2. The van der Waals surface area contributed by atoms with E-state index in [2.05, 4.69) is 38.7 Å². The highest BCUT2D eigenvalue weighted by molar-refractivity contribution is 6.28. The highest BCUT2D eigenvalue weighted by atomic mass is 35.5. The van der Waals surface area contributed by atoms with E-state index in [0.717, 1.165) is 24.3 Å². The van der Waals surface area contributed by atoms with Crippen LogP contribution < -0.4 is 4.90 Å². The molecule has 2 aromatic heterocycles. The van der Waals surface area contributed by atoms with Crippen LogP contribution in [0.15, 0.2) is 6.33 Å². The molecule has 0 aliphatic carbocycles. The van der Waals surface area contributed by atoms with Crippen molar-refractivity contribution in [3.05, 3.63) is 11.6 Å². The van der Waals surface area contributed by atoms with E-state index in [1.807, 2.05) is 7.05 Å². The molecule has 17 heavy (non-hydrogen) atoms. The van der Waals surface area contributed by atoms with Crippen LogP contribution in [0.2, 0.25) is 5.28 Å². The maximum atomic E-state index is 5.88. The minimum Gasteiger partial charge on any atom is -0.358 e. The van der Waals surface area contributed by atoms with Gasteiger partial charge in [0.1, 0.15) is 5.52 Å². The van der Waals surface area contributed by atoms with Gasteiger partial charge in [-0.3, -0.25) is 0 Å². The van der Waals surface area contributed by atoms with Crippen LogP contribution in [0, 0.1) is 5.92 Å². The van der Waals surface area contributed by atoms with Crippen molar-refractivity contribution in [3.63, 3.8) is 0 Å². The molecule has 0 aromatic carbocycles. The van der Waals surface area contributed by atoms with Gasteiger partial charge in [-0.15, -0.1) is 0 Å². The minimum atomic E-state index is 0.232. The Kier molecular flexibility index (Phi) is 3.47. The minimum absolute atomic E-state index is 0.232. The van der Waals surface area contributed by atoms with Gasteiger partial charge in [0, 0.05) is 13.6 Å². The van der Waals surface area contributed by atoms with Crippen molar-refractivity contribution < 1.29 is 0 Å². The van der Waals surface area contributed by atoms with Gasteiger partial charge in [-0.2, -0.15) is 9.97 Å². The van der Waals surface area contributed by atoms with Crippen molar-refractivity contribution in [2.75, 3.05) is 18.5 Å². The maximum absolute atomic E-state index is 5.88. The summed E-state index contributed by atoms with van der Waals surface area (Å²) < 4.78 is 0. The summed E-state index contributed by atoms with van der Waals surface area (Å²) in [6.07, 6.45) is 2.71. The lowest BCUT2D eigenvalue weighted by Crippen LogP contribution is -2.21. The second-order valence-corrected chi connectivity index (χ2v) is 4.86. The smallest absolute Gasteiger partial charge is 0.226 e. The predicted molar refractivity (Wildman–Crippen MR) is 69.4 cm³/mol. The Morgan fingerprint density at radius 2 is 2.18 bits per heavy atom. The van der Waals surface area contributed by atoms with Gasteiger partial charge in [0.2, 0.25) is 5.28 Å². The number of aromatic amines is 1. The number of imidazole rings is 1.